The maximum absolute atomic E-state index is 12.1. The Labute approximate surface area is 104 Å². The first-order valence-electron chi connectivity index (χ1n) is 6.83. The fraction of sp³-hybridized carbons (Fsp3) is 0.923. The largest absolute Gasteiger partial charge is 0.395 e. The van der Waals surface area contributed by atoms with Gasteiger partial charge >= 0.3 is 0 Å². The lowest BCUT2D eigenvalue weighted by Crippen LogP contribution is -2.44. The van der Waals surface area contributed by atoms with Crippen LogP contribution in [-0.4, -0.2) is 59.6 Å². The number of carbonyl (C=O) groups excluding carboxylic acids is 1. The molecule has 0 aromatic rings. The highest BCUT2D eigenvalue weighted by Gasteiger charge is 2.31. The lowest BCUT2D eigenvalue weighted by atomic mass is 10.2. The molecule has 2 aliphatic rings. The normalized spacial score (nSPS) is 21.1. The SMILES string of the molecule is CN(C(=O)CN(CCO)C1CCCC1)C1CC1. The van der Waals surface area contributed by atoms with Gasteiger partial charge in [-0.1, -0.05) is 12.8 Å². The number of hydrogen-bond donors (Lipinski definition) is 1. The van der Waals surface area contributed by atoms with Crippen molar-refractivity contribution in [3.8, 4) is 0 Å². The molecule has 4 heteroatoms. The van der Waals surface area contributed by atoms with Gasteiger partial charge in [0, 0.05) is 25.7 Å². The predicted molar refractivity (Wildman–Crippen MR) is 66.7 cm³/mol. The highest BCUT2D eigenvalue weighted by Crippen LogP contribution is 2.26. The lowest BCUT2D eigenvalue weighted by molar-refractivity contribution is -0.132. The van der Waals surface area contributed by atoms with Crippen LogP contribution in [0.15, 0.2) is 0 Å². The molecule has 1 amide bonds. The molecule has 4 nitrogen and oxygen atoms in total. The molecule has 0 bridgehead atoms. The molecule has 0 aromatic carbocycles. The van der Waals surface area contributed by atoms with Crippen LogP contribution in [0.5, 0.6) is 0 Å². The topological polar surface area (TPSA) is 43.8 Å². The average Bonchev–Trinajstić information content (AvgIpc) is 3.03. The van der Waals surface area contributed by atoms with Crippen LogP contribution in [0.3, 0.4) is 0 Å². The van der Waals surface area contributed by atoms with Gasteiger partial charge in [0.25, 0.3) is 0 Å². The quantitative estimate of drug-likeness (QED) is 0.748. The Kier molecular flexibility index (Phi) is 4.40. The molecular weight excluding hydrogens is 216 g/mol. The van der Waals surface area contributed by atoms with E-state index in [2.05, 4.69) is 4.90 Å². The van der Waals surface area contributed by atoms with Gasteiger partial charge in [0.2, 0.25) is 5.91 Å². The number of amides is 1. The van der Waals surface area contributed by atoms with Gasteiger partial charge in [0.05, 0.1) is 13.2 Å². The van der Waals surface area contributed by atoms with Crippen LogP contribution in [0.4, 0.5) is 0 Å². The van der Waals surface area contributed by atoms with Crippen molar-refractivity contribution in [3.05, 3.63) is 0 Å². The molecule has 2 rings (SSSR count). The van der Waals surface area contributed by atoms with Gasteiger partial charge in [0.15, 0.2) is 0 Å². The zero-order valence-corrected chi connectivity index (χ0v) is 10.8. The van der Waals surface area contributed by atoms with Gasteiger partial charge in [-0.15, -0.1) is 0 Å². The minimum atomic E-state index is 0.150. The van der Waals surface area contributed by atoms with E-state index >= 15 is 0 Å². The van der Waals surface area contributed by atoms with Crippen LogP contribution in [0.2, 0.25) is 0 Å². The molecule has 0 spiro atoms. The molecule has 0 unspecified atom stereocenters. The van der Waals surface area contributed by atoms with Crippen molar-refractivity contribution in [2.24, 2.45) is 0 Å². The Hall–Kier alpha value is -0.610. The van der Waals surface area contributed by atoms with Crippen molar-refractivity contribution < 1.29 is 9.90 Å². The Morgan fingerprint density at radius 3 is 2.35 bits per heavy atom. The van der Waals surface area contributed by atoms with Crippen molar-refractivity contribution in [2.75, 3.05) is 26.7 Å². The molecule has 0 atom stereocenters. The minimum Gasteiger partial charge on any atom is -0.395 e. The van der Waals surface area contributed by atoms with Crippen molar-refractivity contribution in [3.63, 3.8) is 0 Å². The zero-order chi connectivity index (χ0) is 12.3. The number of nitrogens with zero attached hydrogens (tertiary/aromatic N) is 2. The summed E-state index contributed by atoms with van der Waals surface area (Å²) in [5, 5.41) is 9.10. The summed E-state index contributed by atoms with van der Waals surface area (Å²) in [5.41, 5.74) is 0. The van der Waals surface area contributed by atoms with Crippen LogP contribution < -0.4 is 0 Å². The second kappa shape index (κ2) is 5.83. The standard InChI is InChI=1S/C13H24N2O2/c1-14(11-6-7-11)13(17)10-15(8-9-16)12-4-2-3-5-12/h11-12,16H,2-10H2,1H3. The van der Waals surface area contributed by atoms with E-state index in [9.17, 15) is 4.79 Å². The van der Waals surface area contributed by atoms with Gasteiger partial charge in [0.1, 0.15) is 0 Å². The monoisotopic (exact) mass is 240 g/mol. The summed E-state index contributed by atoms with van der Waals surface area (Å²) in [6, 6.07) is 1.00. The fourth-order valence-corrected chi connectivity index (χ4v) is 2.74. The van der Waals surface area contributed by atoms with Gasteiger partial charge in [-0.05, 0) is 25.7 Å². The number of carbonyl (C=O) groups is 1. The summed E-state index contributed by atoms with van der Waals surface area (Å²) < 4.78 is 0. The Morgan fingerprint density at radius 2 is 1.82 bits per heavy atom. The van der Waals surface area contributed by atoms with Gasteiger partial charge in [-0.3, -0.25) is 9.69 Å². The first-order chi connectivity index (χ1) is 8.22. The van der Waals surface area contributed by atoms with Crippen LogP contribution >= 0.6 is 0 Å². The predicted octanol–water partition coefficient (Wildman–Crippen LogP) is 0.844. The third-order valence-electron chi connectivity index (χ3n) is 4.05. The third-order valence-corrected chi connectivity index (χ3v) is 4.05. The van der Waals surface area contributed by atoms with Crippen molar-refractivity contribution >= 4 is 5.91 Å². The summed E-state index contributed by atoms with van der Waals surface area (Å²) in [6.07, 6.45) is 7.21. The lowest BCUT2D eigenvalue weighted by Gasteiger charge is -2.29. The molecule has 17 heavy (non-hydrogen) atoms. The van der Waals surface area contributed by atoms with E-state index in [0.29, 0.717) is 25.2 Å². The van der Waals surface area contributed by atoms with Crippen molar-refractivity contribution in [2.45, 2.75) is 50.6 Å². The molecule has 0 radical (unpaired) electrons. The molecule has 0 aromatic heterocycles. The summed E-state index contributed by atoms with van der Waals surface area (Å²) in [7, 11) is 1.91. The first-order valence-corrected chi connectivity index (χ1v) is 6.83. The summed E-state index contributed by atoms with van der Waals surface area (Å²) in [6.45, 7) is 1.27. The smallest absolute Gasteiger partial charge is 0.236 e. The summed E-state index contributed by atoms with van der Waals surface area (Å²) in [4.78, 5) is 16.1. The number of rotatable bonds is 6. The fourth-order valence-electron chi connectivity index (χ4n) is 2.74. The Balaban J connectivity index is 1.84. The van der Waals surface area contributed by atoms with E-state index in [1.807, 2.05) is 11.9 Å². The van der Waals surface area contributed by atoms with E-state index in [-0.39, 0.29) is 12.5 Å². The van der Waals surface area contributed by atoms with Crippen LogP contribution in [0, 0.1) is 0 Å². The second-order valence-corrected chi connectivity index (χ2v) is 5.37. The number of aliphatic hydroxyl groups is 1. The first kappa shape index (κ1) is 12.8. The number of hydrogen-bond acceptors (Lipinski definition) is 3. The molecule has 2 saturated carbocycles. The maximum atomic E-state index is 12.1. The molecule has 0 heterocycles. The van der Waals surface area contributed by atoms with Crippen molar-refractivity contribution in [1.82, 2.24) is 9.80 Å². The molecule has 1 N–H and O–H groups in total. The molecule has 2 aliphatic carbocycles. The van der Waals surface area contributed by atoms with E-state index in [0.717, 1.165) is 12.8 Å². The Morgan fingerprint density at radius 1 is 1.18 bits per heavy atom. The average molecular weight is 240 g/mol. The van der Waals surface area contributed by atoms with E-state index in [4.69, 9.17) is 5.11 Å². The molecular formula is C13H24N2O2. The van der Waals surface area contributed by atoms with Crippen LogP contribution in [-0.2, 0) is 4.79 Å². The highest BCUT2D eigenvalue weighted by molar-refractivity contribution is 5.78. The summed E-state index contributed by atoms with van der Waals surface area (Å²) in [5.74, 6) is 0.216. The van der Waals surface area contributed by atoms with E-state index in [1.54, 1.807) is 0 Å². The molecule has 0 saturated heterocycles. The summed E-state index contributed by atoms with van der Waals surface area (Å²) >= 11 is 0. The maximum Gasteiger partial charge on any atom is 0.236 e. The van der Waals surface area contributed by atoms with Crippen LogP contribution in [0.1, 0.15) is 38.5 Å². The Bertz CT molecular complexity index is 260. The number of aliphatic hydroxyl groups excluding tert-OH is 1. The molecule has 0 aliphatic heterocycles. The van der Waals surface area contributed by atoms with E-state index in [1.165, 1.54) is 25.7 Å². The second-order valence-electron chi connectivity index (χ2n) is 5.37. The third kappa shape index (κ3) is 3.42. The molecule has 2 fully saturated rings. The van der Waals surface area contributed by atoms with Crippen molar-refractivity contribution in [1.29, 1.82) is 0 Å². The highest BCUT2D eigenvalue weighted by atomic mass is 16.3. The minimum absolute atomic E-state index is 0.150. The van der Waals surface area contributed by atoms with Gasteiger partial charge < -0.3 is 10.0 Å². The number of likely N-dealkylation sites (N-methyl/N-ethyl adjacent to an activating group) is 1. The molecule has 98 valence electrons. The van der Waals surface area contributed by atoms with Crippen LogP contribution in [0.25, 0.3) is 0 Å². The zero-order valence-electron chi connectivity index (χ0n) is 10.8. The van der Waals surface area contributed by atoms with Gasteiger partial charge in [-0.2, -0.15) is 0 Å². The van der Waals surface area contributed by atoms with E-state index < -0.39 is 0 Å². The van der Waals surface area contributed by atoms with Gasteiger partial charge in [-0.25, -0.2) is 0 Å².